The molecule has 2 aromatic carbocycles. The summed E-state index contributed by atoms with van der Waals surface area (Å²) in [5.41, 5.74) is 0.679. The van der Waals surface area contributed by atoms with Gasteiger partial charge in [-0.2, -0.15) is 4.31 Å². The highest BCUT2D eigenvalue weighted by Crippen LogP contribution is 2.31. The molecule has 0 atom stereocenters. The Morgan fingerprint density at radius 2 is 1.71 bits per heavy atom. The van der Waals surface area contributed by atoms with Gasteiger partial charge in [0.1, 0.15) is 4.90 Å². The third-order valence-corrected chi connectivity index (χ3v) is 6.90. The number of ether oxygens (including phenoxy) is 2. The minimum absolute atomic E-state index is 0.0592. The third kappa shape index (κ3) is 4.09. The van der Waals surface area contributed by atoms with Gasteiger partial charge >= 0.3 is 0 Å². The van der Waals surface area contributed by atoms with Crippen LogP contribution < -0.4 is 14.8 Å². The summed E-state index contributed by atoms with van der Waals surface area (Å²) < 4.78 is 37.4. The van der Waals surface area contributed by atoms with E-state index >= 15 is 0 Å². The van der Waals surface area contributed by atoms with Crippen molar-refractivity contribution >= 4 is 33.2 Å². The Morgan fingerprint density at radius 1 is 1.04 bits per heavy atom. The topological polar surface area (TPSA) is 84.9 Å². The Kier molecular flexibility index (Phi) is 6.12. The zero-order valence-electron chi connectivity index (χ0n) is 15.6. The molecule has 1 aliphatic rings. The van der Waals surface area contributed by atoms with Crippen molar-refractivity contribution in [1.29, 1.82) is 0 Å². The van der Waals surface area contributed by atoms with Crippen molar-refractivity contribution in [3.05, 3.63) is 47.0 Å². The molecule has 0 saturated carbocycles. The van der Waals surface area contributed by atoms with Gasteiger partial charge in [-0.05, 0) is 43.2 Å². The number of sulfonamides is 1. The summed E-state index contributed by atoms with van der Waals surface area (Å²) in [6.45, 7) is 0.918. The van der Waals surface area contributed by atoms with Gasteiger partial charge in [-0.25, -0.2) is 8.42 Å². The maximum Gasteiger partial charge on any atom is 0.255 e. The highest BCUT2D eigenvalue weighted by atomic mass is 35.5. The standard InChI is InChI=1S/C19H21ClN2O5S/c1-26-16-8-6-14(12-17(16)27-2)21-19(23)13-5-7-15(20)18(11-13)28(24,25)22-9-3-4-10-22/h5-8,11-12H,3-4,9-10H2,1-2H3,(H,21,23). The fourth-order valence-corrected chi connectivity index (χ4v) is 5.04. The molecule has 0 unspecified atom stereocenters. The molecule has 28 heavy (non-hydrogen) atoms. The van der Waals surface area contributed by atoms with Crippen LogP contribution in [-0.2, 0) is 10.0 Å². The molecule has 1 N–H and O–H groups in total. The summed E-state index contributed by atoms with van der Waals surface area (Å²) in [5, 5.41) is 2.82. The number of amides is 1. The van der Waals surface area contributed by atoms with Gasteiger partial charge in [0, 0.05) is 30.4 Å². The van der Waals surface area contributed by atoms with Crippen LogP contribution in [0, 0.1) is 0 Å². The van der Waals surface area contributed by atoms with Crippen LogP contribution in [0.5, 0.6) is 11.5 Å². The van der Waals surface area contributed by atoms with E-state index in [2.05, 4.69) is 5.32 Å². The van der Waals surface area contributed by atoms with E-state index in [0.29, 0.717) is 30.3 Å². The maximum absolute atomic E-state index is 12.8. The Hall–Kier alpha value is -2.29. The first-order valence-corrected chi connectivity index (χ1v) is 10.5. The van der Waals surface area contributed by atoms with Gasteiger partial charge in [-0.1, -0.05) is 11.6 Å². The molecule has 150 valence electrons. The van der Waals surface area contributed by atoms with E-state index in [1.54, 1.807) is 18.2 Å². The molecule has 0 bridgehead atoms. The zero-order valence-corrected chi connectivity index (χ0v) is 17.1. The number of anilines is 1. The predicted molar refractivity (Wildman–Crippen MR) is 107 cm³/mol. The quantitative estimate of drug-likeness (QED) is 0.768. The Labute approximate surface area is 169 Å². The zero-order chi connectivity index (χ0) is 20.3. The number of hydrogen-bond donors (Lipinski definition) is 1. The van der Waals surface area contributed by atoms with Crippen LogP contribution in [0.1, 0.15) is 23.2 Å². The number of methoxy groups -OCH3 is 2. The molecule has 1 fully saturated rings. The van der Waals surface area contributed by atoms with Gasteiger partial charge in [-0.15, -0.1) is 0 Å². The highest BCUT2D eigenvalue weighted by Gasteiger charge is 2.29. The molecule has 0 radical (unpaired) electrons. The monoisotopic (exact) mass is 424 g/mol. The van der Waals surface area contributed by atoms with Gasteiger partial charge in [0.05, 0.1) is 19.2 Å². The van der Waals surface area contributed by atoms with E-state index in [4.69, 9.17) is 21.1 Å². The van der Waals surface area contributed by atoms with E-state index in [1.165, 1.54) is 36.7 Å². The Bertz CT molecular complexity index is 988. The molecule has 0 spiro atoms. The average molecular weight is 425 g/mol. The first-order valence-electron chi connectivity index (χ1n) is 8.70. The van der Waals surface area contributed by atoms with Gasteiger partial charge in [0.2, 0.25) is 10.0 Å². The van der Waals surface area contributed by atoms with Gasteiger partial charge < -0.3 is 14.8 Å². The summed E-state index contributed by atoms with van der Waals surface area (Å²) in [6, 6.07) is 9.17. The molecule has 0 aliphatic carbocycles. The van der Waals surface area contributed by atoms with Crippen LogP contribution in [0.3, 0.4) is 0 Å². The van der Waals surface area contributed by atoms with Crippen molar-refractivity contribution in [2.24, 2.45) is 0 Å². The third-order valence-electron chi connectivity index (χ3n) is 4.52. The van der Waals surface area contributed by atoms with E-state index in [-0.39, 0.29) is 15.5 Å². The van der Waals surface area contributed by atoms with Crippen LogP contribution in [0.4, 0.5) is 5.69 Å². The van der Waals surface area contributed by atoms with Crippen LogP contribution in [0.2, 0.25) is 5.02 Å². The lowest BCUT2D eigenvalue weighted by atomic mass is 10.2. The minimum atomic E-state index is -3.73. The van der Waals surface area contributed by atoms with Gasteiger partial charge in [-0.3, -0.25) is 4.79 Å². The van der Waals surface area contributed by atoms with E-state index in [9.17, 15) is 13.2 Å². The molecule has 1 saturated heterocycles. The summed E-state index contributed by atoms with van der Waals surface area (Å²) in [4.78, 5) is 12.6. The van der Waals surface area contributed by atoms with Crippen molar-refractivity contribution in [3.8, 4) is 11.5 Å². The summed E-state index contributed by atoms with van der Waals surface area (Å²) in [7, 11) is -0.715. The van der Waals surface area contributed by atoms with Crippen LogP contribution in [-0.4, -0.2) is 45.9 Å². The number of halogens is 1. The fraction of sp³-hybridized carbons (Fsp3) is 0.316. The second-order valence-electron chi connectivity index (χ2n) is 6.28. The van der Waals surface area contributed by atoms with Crippen molar-refractivity contribution in [3.63, 3.8) is 0 Å². The lowest BCUT2D eigenvalue weighted by Gasteiger charge is -2.17. The smallest absolute Gasteiger partial charge is 0.255 e. The number of carbonyl (C=O) groups excluding carboxylic acids is 1. The number of nitrogens with zero attached hydrogens (tertiary/aromatic N) is 1. The van der Waals surface area contributed by atoms with E-state index < -0.39 is 15.9 Å². The van der Waals surface area contributed by atoms with Crippen molar-refractivity contribution in [2.75, 3.05) is 32.6 Å². The molecule has 0 aromatic heterocycles. The molecule has 1 aliphatic heterocycles. The van der Waals surface area contributed by atoms with Crippen molar-refractivity contribution in [1.82, 2.24) is 4.31 Å². The summed E-state index contributed by atoms with van der Waals surface area (Å²) in [6.07, 6.45) is 1.63. The number of nitrogens with one attached hydrogen (secondary N) is 1. The first kappa shape index (κ1) is 20.4. The number of hydrogen-bond acceptors (Lipinski definition) is 5. The van der Waals surface area contributed by atoms with Crippen LogP contribution in [0.15, 0.2) is 41.3 Å². The second kappa shape index (κ2) is 8.38. The number of benzene rings is 2. The number of carbonyl (C=O) groups is 1. The molecule has 1 heterocycles. The first-order chi connectivity index (χ1) is 13.4. The molecule has 1 amide bonds. The SMILES string of the molecule is COc1ccc(NC(=O)c2ccc(Cl)c(S(=O)(=O)N3CCCC3)c2)cc1OC. The molecular formula is C19H21ClN2O5S. The lowest BCUT2D eigenvalue weighted by molar-refractivity contribution is 0.102. The predicted octanol–water partition coefficient (Wildman–Crippen LogP) is 3.39. The molecule has 7 nitrogen and oxygen atoms in total. The van der Waals surface area contributed by atoms with Gasteiger partial charge in [0.25, 0.3) is 5.91 Å². The van der Waals surface area contributed by atoms with Gasteiger partial charge in [0.15, 0.2) is 11.5 Å². The molecule has 9 heteroatoms. The average Bonchev–Trinajstić information content (AvgIpc) is 3.23. The summed E-state index contributed by atoms with van der Waals surface area (Å²) in [5.74, 6) is 0.543. The molecular weight excluding hydrogens is 404 g/mol. The largest absolute Gasteiger partial charge is 0.493 e. The highest BCUT2D eigenvalue weighted by molar-refractivity contribution is 7.89. The van der Waals surface area contributed by atoms with Crippen molar-refractivity contribution < 1.29 is 22.7 Å². The lowest BCUT2D eigenvalue weighted by Crippen LogP contribution is -2.28. The maximum atomic E-state index is 12.8. The minimum Gasteiger partial charge on any atom is -0.493 e. The fourth-order valence-electron chi connectivity index (χ4n) is 3.03. The van der Waals surface area contributed by atoms with Crippen LogP contribution in [0.25, 0.3) is 0 Å². The number of rotatable bonds is 6. The molecule has 2 aromatic rings. The Balaban J connectivity index is 1.87. The second-order valence-corrected chi connectivity index (χ2v) is 8.59. The normalized spacial score (nSPS) is 14.7. The van der Waals surface area contributed by atoms with E-state index in [1.807, 2.05) is 0 Å². The molecule has 3 rings (SSSR count). The van der Waals surface area contributed by atoms with E-state index in [0.717, 1.165) is 12.8 Å². The summed E-state index contributed by atoms with van der Waals surface area (Å²) >= 11 is 6.13. The Morgan fingerprint density at radius 3 is 2.36 bits per heavy atom. The van der Waals surface area contributed by atoms with Crippen molar-refractivity contribution in [2.45, 2.75) is 17.7 Å². The van der Waals surface area contributed by atoms with Crippen LogP contribution >= 0.6 is 11.6 Å².